The van der Waals surface area contributed by atoms with Crippen molar-refractivity contribution in [3.8, 4) is 17.2 Å². The van der Waals surface area contributed by atoms with Crippen molar-refractivity contribution < 1.29 is 47.6 Å². The topological polar surface area (TPSA) is 124 Å². The highest BCUT2D eigenvalue weighted by Crippen LogP contribution is 2.57. The molecule has 3 atom stereocenters. The molecule has 0 amide bonds. The van der Waals surface area contributed by atoms with Crippen LogP contribution >= 0.6 is 11.6 Å². The Kier molecular flexibility index (Phi) is 6.10. The van der Waals surface area contributed by atoms with Gasteiger partial charge in [0.1, 0.15) is 22.1 Å². The Morgan fingerprint density at radius 3 is 2.12 bits per heavy atom. The molecule has 0 saturated carbocycles. The number of allylic oxidation sites excluding steroid dienone is 1. The van der Waals surface area contributed by atoms with Crippen LogP contribution in [0.4, 0.5) is 0 Å². The van der Waals surface area contributed by atoms with Crippen molar-refractivity contribution in [2.75, 3.05) is 35.5 Å². The minimum atomic E-state index is -1.94. The van der Waals surface area contributed by atoms with E-state index in [1.807, 2.05) is 0 Å². The Morgan fingerprint density at radius 1 is 1.00 bits per heavy atom. The Bertz CT molecular complexity index is 1060. The SMILES string of the molecule is COC(=O)c1c(OC)c(Cl)c2c(c1OC)C(=O)[C@]1(O2)C(OC)=CC(=O)[C@@H](C(=O)OC)[C@@H]1C. The van der Waals surface area contributed by atoms with Crippen LogP contribution < -0.4 is 14.2 Å². The van der Waals surface area contributed by atoms with Gasteiger partial charge in [-0.25, -0.2) is 4.79 Å². The zero-order chi connectivity index (χ0) is 24.0. The summed E-state index contributed by atoms with van der Waals surface area (Å²) in [5, 5.41) is -0.192. The second-order valence-corrected chi connectivity index (χ2v) is 7.40. The fourth-order valence-electron chi connectivity index (χ4n) is 4.18. The molecular formula is C21H21ClO10. The van der Waals surface area contributed by atoms with Crippen LogP contribution in [-0.4, -0.2) is 64.7 Å². The number of halogens is 1. The molecule has 10 nitrogen and oxygen atoms in total. The van der Waals surface area contributed by atoms with Gasteiger partial charge in [0.2, 0.25) is 11.4 Å². The van der Waals surface area contributed by atoms with Crippen LogP contribution in [0.3, 0.4) is 0 Å². The van der Waals surface area contributed by atoms with Gasteiger partial charge in [-0.2, -0.15) is 0 Å². The summed E-state index contributed by atoms with van der Waals surface area (Å²) in [6.07, 6.45) is 1.02. The van der Waals surface area contributed by atoms with Gasteiger partial charge in [0.25, 0.3) is 0 Å². The van der Waals surface area contributed by atoms with Crippen molar-refractivity contribution in [3.05, 3.63) is 28.0 Å². The van der Waals surface area contributed by atoms with Crippen molar-refractivity contribution in [3.63, 3.8) is 0 Å². The number of methoxy groups -OCH3 is 5. The monoisotopic (exact) mass is 468 g/mol. The zero-order valence-electron chi connectivity index (χ0n) is 18.2. The summed E-state index contributed by atoms with van der Waals surface area (Å²) in [6.45, 7) is 1.48. The Morgan fingerprint density at radius 2 is 1.62 bits per heavy atom. The van der Waals surface area contributed by atoms with Crippen molar-refractivity contribution in [2.24, 2.45) is 11.8 Å². The molecule has 1 aliphatic heterocycles. The van der Waals surface area contributed by atoms with E-state index in [4.69, 9.17) is 40.0 Å². The zero-order valence-corrected chi connectivity index (χ0v) is 18.9. The largest absolute Gasteiger partial charge is 0.496 e. The van der Waals surface area contributed by atoms with Crippen LogP contribution in [0.5, 0.6) is 17.2 Å². The van der Waals surface area contributed by atoms with E-state index in [1.54, 1.807) is 0 Å². The van der Waals surface area contributed by atoms with E-state index in [0.29, 0.717) is 0 Å². The number of carbonyl (C=O) groups is 4. The molecular weight excluding hydrogens is 448 g/mol. The highest BCUT2D eigenvalue weighted by Gasteiger charge is 2.64. The molecule has 0 fully saturated rings. The maximum Gasteiger partial charge on any atom is 0.345 e. The van der Waals surface area contributed by atoms with Gasteiger partial charge in [-0.1, -0.05) is 18.5 Å². The van der Waals surface area contributed by atoms with Gasteiger partial charge in [-0.15, -0.1) is 0 Å². The molecule has 32 heavy (non-hydrogen) atoms. The predicted octanol–water partition coefficient (Wildman–Crippen LogP) is 2.00. The molecule has 1 spiro atoms. The van der Waals surface area contributed by atoms with E-state index < -0.39 is 40.9 Å². The Labute approximate surface area is 188 Å². The van der Waals surface area contributed by atoms with Gasteiger partial charge in [-0.3, -0.25) is 14.4 Å². The molecule has 0 aromatic heterocycles. The van der Waals surface area contributed by atoms with E-state index in [-0.39, 0.29) is 39.2 Å². The fourth-order valence-corrected chi connectivity index (χ4v) is 4.49. The third-order valence-corrected chi connectivity index (χ3v) is 6.04. The second kappa shape index (κ2) is 8.34. The van der Waals surface area contributed by atoms with Gasteiger partial charge < -0.3 is 28.4 Å². The van der Waals surface area contributed by atoms with E-state index in [0.717, 1.165) is 20.3 Å². The molecule has 0 N–H and O–H groups in total. The lowest BCUT2D eigenvalue weighted by atomic mass is 9.69. The highest BCUT2D eigenvalue weighted by atomic mass is 35.5. The van der Waals surface area contributed by atoms with Crippen molar-refractivity contribution in [2.45, 2.75) is 12.5 Å². The van der Waals surface area contributed by atoms with Gasteiger partial charge >= 0.3 is 11.9 Å². The molecule has 0 saturated heterocycles. The van der Waals surface area contributed by atoms with E-state index in [1.165, 1.54) is 28.3 Å². The van der Waals surface area contributed by atoms with Crippen LogP contribution in [0.2, 0.25) is 5.02 Å². The quantitative estimate of drug-likeness (QED) is 0.468. The molecule has 0 bridgehead atoms. The lowest BCUT2D eigenvalue weighted by Crippen LogP contribution is -2.56. The maximum absolute atomic E-state index is 13.9. The molecule has 1 aliphatic carbocycles. The summed E-state index contributed by atoms with van der Waals surface area (Å²) in [5.74, 6) is -6.04. The van der Waals surface area contributed by atoms with Gasteiger partial charge in [0.05, 0.1) is 35.5 Å². The van der Waals surface area contributed by atoms with Crippen LogP contribution in [0.25, 0.3) is 0 Å². The average Bonchev–Trinajstić information content (AvgIpc) is 3.09. The number of ether oxygens (including phenoxy) is 6. The number of hydrogen-bond acceptors (Lipinski definition) is 10. The minimum absolute atomic E-state index is 0.131. The number of Topliss-reactive ketones (excluding diaryl/α,β-unsaturated/α-hetero) is 1. The normalized spacial score (nSPS) is 23.8. The maximum atomic E-state index is 13.9. The minimum Gasteiger partial charge on any atom is -0.496 e. The lowest BCUT2D eigenvalue weighted by Gasteiger charge is -2.39. The molecule has 0 radical (unpaired) electrons. The summed E-state index contributed by atoms with van der Waals surface area (Å²) in [7, 11) is 6.03. The Hall–Kier alpha value is -3.27. The number of benzene rings is 1. The van der Waals surface area contributed by atoms with Crippen LogP contribution in [0, 0.1) is 11.8 Å². The van der Waals surface area contributed by atoms with E-state index in [2.05, 4.69) is 0 Å². The van der Waals surface area contributed by atoms with Gasteiger partial charge in [0, 0.05) is 12.0 Å². The summed E-state index contributed by atoms with van der Waals surface area (Å²) in [6, 6.07) is 0. The number of carbonyl (C=O) groups excluding carboxylic acids is 4. The average molecular weight is 469 g/mol. The number of esters is 2. The summed E-state index contributed by atoms with van der Waals surface area (Å²) >= 11 is 6.47. The molecule has 1 aromatic rings. The van der Waals surface area contributed by atoms with Gasteiger partial charge in [-0.05, 0) is 0 Å². The molecule has 3 rings (SSSR count). The molecule has 1 heterocycles. The third-order valence-electron chi connectivity index (χ3n) is 5.69. The van der Waals surface area contributed by atoms with Crippen molar-refractivity contribution >= 4 is 35.1 Å². The number of ketones is 2. The first-order valence-corrected chi connectivity index (χ1v) is 9.71. The predicted molar refractivity (Wildman–Crippen MR) is 108 cm³/mol. The summed E-state index contributed by atoms with van der Waals surface area (Å²) in [4.78, 5) is 51.3. The molecule has 0 unspecified atom stereocenters. The first-order chi connectivity index (χ1) is 15.2. The molecule has 172 valence electrons. The summed E-state index contributed by atoms with van der Waals surface area (Å²) < 4.78 is 31.6. The number of rotatable bonds is 5. The van der Waals surface area contributed by atoms with Gasteiger partial charge in [0.15, 0.2) is 28.8 Å². The van der Waals surface area contributed by atoms with E-state index >= 15 is 0 Å². The first-order valence-electron chi connectivity index (χ1n) is 9.33. The smallest absolute Gasteiger partial charge is 0.345 e. The van der Waals surface area contributed by atoms with Crippen molar-refractivity contribution in [1.29, 1.82) is 0 Å². The summed E-state index contributed by atoms with van der Waals surface area (Å²) in [5.41, 5.74) is -2.34. The standard InChI is InChI=1S/C21H21ClO10/c1-8-11(19(25)30-5)9(23)7-10(27-2)21(8)18(24)12-15(28-3)13(20(26)31-6)16(29-4)14(22)17(12)32-21/h7-8,11H,1-6H3/t8-,11-,21+/m0/s1. The Balaban J connectivity index is 2.36. The number of fused-ring (bicyclic) bond motifs is 1. The second-order valence-electron chi connectivity index (χ2n) is 7.02. The fraction of sp³-hybridized carbons (Fsp3) is 0.429. The van der Waals surface area contributed by atoms with Crippen LogP contribution in [-0.2, 0) is 23.8 Å². The molecule has 1 aromatic carbocycles. The number of hydrogen-bond donors (Lipinski definition) is 0. The van der Waals surface area contributed by atoms with Crippen LogP contribution in [0.15, 0.2) is 11.8 Å². The van der Waals surface area contributed by atoms with Crippen molar-refractivity contribution in [1.82, 2.24) is 0 Å². The molecule has 11 heteroatoms. The van der Waals surface area contributed by atoms with Crippen LogP contribution in [0.1, 0.15) is 27.6 Å². The lowest BCUT2D eigenvalue weighted by molar-refractivity contribution is -0.154. The van der Waals surface area contributed by atoms with E-state index in [9.17, 15) is 19.2 Å². The third kappa shape index (κ3) is 2.93. The highest BCUT2D eigenvalue weighted by molar-refractivity contribution is 6.36. The first kappa shape index (κ1) is 23.4. The molecule has 2 aliphatic rings.